The van der Waals surface area contributed by atoms with Crippen LogP contribution >= 0.6 is 11.3 Å². The van der Waals surface area contributed by atoms with Gasteiger partial charge < -0.3 is 10.1 Å². The van der Waals surface area contributed by atoms with Gasteiger partial charge in [0.25, 0.3) is 0 Å². The number of hydrogen-bond acceptors (Lipinski definition) is 6. The molecule has 1 heterocycles. The minimum absolute atomic E-state index is 0.0492. The van der Waals surface area contributed by atoms with Crippen molar-refractivity contribution < 1.29 is 14.3 Å². The molecule has 0 aliphatic carbocycles. The Bertz CT molecular complexity index is 789. The van der Waals surface area contributed by atoms with Crippen molar-refractivity contribution in [1.82, 2.24) is 15.5 Å². The van der Waals surface area contributed by atoms with Gasteiger partial charge in [-0.05, 0) is 24.0 Å². The number of rotatable bonds is 8. The van der Waals surface area contributed by atoms with Gasteiger partial charge in [0, 0.05) is 12.0 Å². The standard InChI is InChI=1S/C19H26N4O3S/c1-11(2)9-15(24)20-16(12(3)4)17(25)21-19-23-22-18(27-19)13-7-6-8-14(10-13)26-5/h6-8,10-12,16H,9H2,1-5H3,(H,20,24)(H,21,23,25). The van der Waals surface area contributed by atoms with E-state index in [-0.39, 0.29) is 23.7 Å². The fraction of sp³-hybridized carbons (Fsp3) is 0.474. The zero-order valence-electron chi connectivity index (χ0n) is 16.3. The molecule has 0 saturated heterocycles. The van der Waals surface area contributed by atoms with Crippen LogP contribution in [0.25, 0.3) is 10.6 Å². The predicted octanol–water partition coefficient (Wildman–Crippen LogP) is 3.34. The Hall–Kier alpha value is -2.48. The van der Waals surface area contributed by atoms with E-state index in [0.717, 1.165) is 11.3 Å². The molecule has 2 rings (SSSR count). The maximum atomic E-state index is 12.6. The molecule has 0 bridgehead atoms. The van der Waals surface area contributed by atoms with Crippen LogP contribution in [-0.4, -0.2) is 35.2 Å². The largest absolute Gasteiger partial charge is 0.497 e. The molecule has 1 unspecified atom stereocenters. The smallest absolute Gasteiger partial charge is 0.249 e. The average Bonchev–Trinajstić information content (AvgIpc) is 3.07. The highest BCUT2D eigenvalue weighted by molar-refractivity contribution is 7.18. The van der Waals surface area contributed by atoms with Crippen LogP contribution in [0.5, 0.6) is 5.75 Å². The third-order valence-electron chi connectivity index (χ3n) is 3.83. The van der Waals surface area contributed by atoms with Gasteiger partial charge in [-0.2, -0.15) is 0 Å². The van der Waals surface area contributed by atoms with Crippen LogP contribution < -0.4 is 15.4 Å². The molecule has 1 aromatic carbocycles. The van der Waals surface area contributed by atoms with E-state index in [1.807, 2.05) is 52.0 Å². The van der Waals surface area contributed by atoms with Crippen LogP contribution in [0.4, 0.5) is 5.13 Å². The second kappa shape index (κ2) is 9.45. The van der Waals surface area contributed by atoms with Crippen LogP contribution in [0, 0.1) is 11.8 Å². The summed E-state index contributed by atoms with van der Waals surface area (Å²) in [5.74, 6) is 0.478. The Labute approximate surface area is 163 Å². The topological polar surface area (TPSA) is 93.2 Å². The number of carbonyl (C=O) groups is 2. The van der Waals surface area contributed by atoms with Gasteiger partial charge in [0.1, 0.15) is 16.8 Å². The minimum atomic E-state index is -0.625. The fourth-order valence-electron chi connectivity index (χ4n) is 2.47. The number of ether oxygens (including phenoxy) is 1. The van der Waals surface area contributed by atoms with E-state index in [9.17, 15) is 9.59 Å². The summed E-state index contributed by atoms with van der Waals surface area (Å²) in [6, 6.07) is 6.85. The molecule has 2 aromatic rings. The molecule has 8 heteroatoms. The van der Waals surface area contributed by atoms with E-state index in [0.29, 0.717) is 16.6 Å². The highest BCUT2D eigenvalue weighted by Crippen LogP contribution is 2.28. The third-order valence-corrected chi connectivity index (χ3v) is 4.72. The summed E-state index contributed by atoms with van der Waals surface area (Å²) in [6.07, 6.45) is 0.384. The van der Waals surface area contributed by atoms with E-state index < -0.39 is 6.04 Å². The summed E-state index contributed by atoms with van der Waals surface area (Å²) in [4.78, 5) is 24.7. The molecule has 146 valence electrons. The molecule has 0 spiro atoms. The Morgan fingerprint density at radius 2 is 1.93 bits per heavy atom. The molecule has 0 saturated carbocycles. The fourth-order valence-corrected chi connectivity index (χ4v) is 3.21. The number of nitrogens with zero attached hydrogens (tertiary/aromatic N) is 2. The maximum absolute atomic E-state index is 12.6. The van der Waals surface area contributed by atoms with Crippen LogP contribution in [0.15, 0.2) is 24.3 Å². The van der Waals surface area contributed by atoms with Gasteiger partial charge in [0.2, 0.25) is 16.9 Å². The average molecular weight is 391 g/mol. The Morgan fingerprint density at radius 1 is 1.19 bits per heavy atom. The van der Waals surface area contributed by atoms with E-state index in [1.165, 1.54) is 11.3 Å². The van der Waals surface area contributed by atoms with Crippen molar-refractivity contribution in [1.29, 1.82) is 0 Å². The lowest BCUT2D eigenvalue weighted by Gasteiger charge is -2.21. The van der Waals surface area contributed by atoms with Crippen molar-refractivity contribution in [2.75, 3.05) is 12.4 Å². The van der Waals surface area contributed by atoms with Crippen molar-refractivity contribution >= 4 is 28.3 Å². The van der Waals surface area contributed by atoms with E-state index in [2.05, 4.69) is 20.8 Å². The Morgan fingerprint density at radius 3 is 2.56 bits per heavy atom. The molecule has 0 aliphatic rings. The maximum Gasteiger partial charge on any atom is 0.249 e. The molecular formula is C19H26N4O3S. The molecule has 0 aliphatic heterocycles. The van der Waals surface area contributed by atoms with Gasteiger partial charge in [-0.1, -0.05) is 51.2 Å². The van der Waals surface area contributed by atoms with Gasteiger partial charge in [-0.25, -0.2) is 0 Å². The zero-order chi connectivity index (χ0) is 20.0. The molecule has 27 heavy (non-hydrogen) atoms. The van der Waals surface area contributed by atoms with E-state index >= 15 is 0 Å². The summed E-state index contributed by atoms with van der Waals surface area (Å²) < 4.78 is 5.22. The number of aromatic nitrogens is 2. The molecule has 2 amide bonds. The van der Waals surface area contributed by atoms with Crippen molar-refractivity contribution in [2.45, 2.75) is 40.2 Å². The van der Waals surface area contributed by atoms with Crippen molar-refractivity contribution in [3.05, 3.63) is 24.3 Å². The van der Waals surface area contributed by atoms with Crippen molar-refractivity contribution in [2.24, 2.45) is 11.8 Å². The lowest BCUT2D eigenvalue weighted by atomic mass is 10.0. The summed E-state index contributed by atoms with van der Waals surface area (Å²) in [6.45, 7) is 7.71. The number of anilines is 1. The lowest BCUT2D eigenvalue weighted by Crippen LogP contribution is -2.47. The van der Waals surface area contributed by atoms with Crippen LogP contribution in [-0.2, 0) is 9.59 Å². The molecular weight excluding hydrogens is 364 g/mol. The van der Waals surface area contributed by atoms with Crippen molar-refractivity contribution in [3.8, 4) is 16.3 Å². The monoisotopic (exact) mass is 390 g/mol. The number of amides is 2. The quantitative estimate of drug-likeness (QED) is 0.721. The Balaban J connectivity index is 2.07. The summed E-state index contributed by atoms with van der Waals surface area (Å²) in [5.41, 5.74) is 0.859. The van der Waals surface area contributed by atoms with Gasteiger partial charge in [-0.3, -0.25) is 14.9 Å². The minimum Gasteiger partial charge on any atom is -0.497 e. The number of hydrogen-bond donors (Lipinski definition) is 2. The highest BCUT2D eigenvalue weighted by Gasteiger charge is 2.25. The molecule has 0 radical (unpaired) electrons. The first-order chi connectivity index (χ1) is 12.8. The molecule has 7 nitrogen and oxygen atoms in total. The number of carbonyl (C=O) groups excluding carboxylic acids is 2. The van der Waals surface area contributed by atoms with Crippen LogP contribution in [0.1, 0.15) is 34.1 Å². The summed E-state index contributed by atoms with van der Waals surface area (Å²) >= 11 is 1.27. The van der Waals surface area contributed by atoms with Crippen LogP contribution in [0.2, 0.25) is 0 Å². The van der Waals surface area contributed by atoms with Crippen molar-refractivity contribution in [3.63, 3.8) is 0 Å². The first-order valence-corrected chi connectivity index (χ1v) is 9.70. The first kappa shape index (κ1) is 20.8. The predicted molar refractivity (Wildman–Crippen MR) is 107 cm³/mol. The highest BCUT2D eigenvalue weighted by atomic mass is 32.1. The SMILES string of the molecule is COc1cccc(-c2nnc(NC(=O)C(NC(=O)CC(C)C)C(C)C)s2)c1. The van der Waals surface area contributed by atoms with E-state index in [4.69, 9.17) is 4.74 Å². The normalized spacial score (nSPS) is 12.1. The second-order valence-corrected chi connectivity index (χ2v) is 8.00. The summed E-state index contributed by atoms with van der Waals surface area (Å²) in [5, 5.41) is 14.8. The zero-order valence-corrected chi connectivity index (χ0v) is 17.1. The summed E-state index contributed by atoms with van der Waals surface area (Å²) in [7, 11) is 1.60. The number of nitrogens with one attached hydrogen (secondary N) is 2. The number of benzene rings is 1. The molecule has 1 atom stereocenters. The van der Waals surface area contributed by atoms with E-state index in [1.54, 1.807) is 7.11 Å². The lowest BCUT2D eigenvalue weighted by molar-refractivity contribution is -0.127. The third kappa shape index (κ3) is 6.02. The van der Waals surface area contributed by atoms with Gasteiger partial charge in [0.15, 0.2) is 0 Å². The number of methoxy groups -OCH3 is 1. The van der Waals surface area contributed by atoms with Gasteiger partial charge in [-0.15, -0.1) is 10.2 Å². The van der Waals surface area contributed by atoms with Gasteiger partial charge >= 0.3 is 0 Å². The molecule has 2 N–H and O–H groups in total. The Kier molecular flexibility index (Phi) is 7.29. The molecule has 1 aromatic heterocycles. The first-order valence-electron chi connectivity index (χ1n) is 8.88. The van der Waals surface area contributed by atoms with Gasteiger partial charge in [0.05, 0.1) is 7.11 Å². The second-order valence-electron chi connectivity index (χ2n) is 7.02. The van der Waals surface area contributed by atoms with Crippen LogP contribution in [0.3, 0.4) is 0 Å². The molecule has 0 fully saturated rings.